The first-order valence-corrected chi connectivity index (χ1v) is 8.18. The van der Waals surface area contributed by atoms with Crippen LogP contribution in [0.3, 0.4) is 0 Å². The van der Waals surface area contributed by atoms with E-state index in [-0.39, 0.29) is 11.4 Å². The maximum absolute atomic E-state index is 10.9. The van der Waals surface area contributed by atoms with Gasteiger partial charge >= 0.3 is 0 Å². The highest BCUT2D eigenvalue weighted by atomic mass is 79.9. The van der Waals surface area contributed by atoms with E-state index < -0.39 is 4.92 Å². The molecule has 0 aliphatic carbocycles. The van der Waals surface area contributed by atoms with Crippen molar-refractivity contribution >= 4 is 59.8 Å². The van der Waals surface area contributed by atoms with E-state index in [4.69, 9.17) is 0 Å². The lowest BCUT2D eigenvalue weighted by atomic mass is 10.2. The van der Waals surface area contributed by atoms with Crippen LogP contribution in [-0.4, -0.2) is 15.0 Å². The van der Waals surface area contributed by atoms with E-state index in [1.807, 2.05) is 0 Å². The molecule has 0 fully saturated rings. The summed E-state index contributed by atoms with van der Waals surface area (Å²) >= 11 is 6.52. The van der Waals surface area contributed by atoms with Gasteiger partial charge in [0.05, 0.1) is 19.6 Å². The second-order valence-corrected chi connectivity index (χ2v) is 6.43. The summed E-state index contributed by atoms with van der Waals surface area (Å²) in [5.41, 5.74) is 1.31. The number of hydrogen-bond donors (Lipinski definition) is 1. The van der Waals surface area contributed by atoms with Crippen molar-refractivity contribution in [3.05, 3.63) is 61.7 Å². The lowest BCUT2D eigenvalue weighted by Crippen LogP contribution is -1.88. The molecule has 0 aliphatic rings. The van der Waals surface area contributed by atoms with Crippen LogP contribution in [-0.2, 0) is 0 Å². The molecule has 1 heterocycles. The normalized spacial score (nSPS) is 11.2. The largest absolute Gasteiger partial charge is 0.506 e. The van der Waals surface area contributed by atoms with Crippen molar-refractivity contribution in [2.24, 2.45) is 10.2 Å². The Morgan fingerprint density at radius 2 is 1.83 bits per heavy atom. The summed E-state index contributed by atoms with van der Waals surface area (Å²) in [4.78, 5) is 14.5. The van der Waals surface area contributed by atoms with Gasteiger partial charge in [-0.2, -0.15) is 0 Å². The Kier molecular flexibility index (Phi) is 4.54. The van der Waals surface area contributed by atoms with Gasteiger partial charge < -0.3 is 5.11 Å². The lowest BCUT2D eigenvalue weighted by molar-refractivity contribution is -0.385. The fraction of sp³-hybridized carbons (Fsp3) is 0. The summed E-state index contributed by atoms with van der Waals surface area (Å²) in [6.07, 6.45) is 1.58. The third kappa shape index (κ3) is 3.13. The number of aromatic nitrogens is 1. The van der Waals surface area contributed by atoms with Crippen LogP contribution in [0.4, 0.5) is 17.1 Å². The number of non-ortho nitro benzene ring substituents is 1. The average Bonchev–Trinajstić information content (AvgIpc) is 2.56. The number of fused-ring (bicyclic) bond motifs is 1. The molecule has 1 N–H and O–H groups in total. The molecule has 0 atom stereocenters. The molecule has 120 valence electrons. The molecular formula is C15H8Br2N4O3. The maximum atomic E-state index is 10.9. The summed E-state index contributed by atoms with van der Waals surface area (Å²) in [7, 11) is 0. The van der Waals surface area contributed by atoms with Gasteiger partial charge in [-0.3, -0.25) is 15.1 Å². The third-order valence-corrected chi connectivity index (χ3v) is 4.40. The molecule has 0 radical (unpaired) electrons. The number of benzene rings is 2. The van der Waals surface area contributed by atoms with Gasteiger partial charge in [0.15, 0.2) is 0 Å². The number of azo groups is 1. The fourth-order valence-corrected chi connectivity index (χ4v) is 3.41. The SMILES string of the molecule is O=[N+]([O-])c1cc(Br)c(N=Nc2ccc(O)c3ncccc23)c(Br)c1. The van der Waals surface area contributed by atoms with Crippen LogP contribution in [0.2, 0.25) is 0 Å². The van der Waals surface area contributed by atoms with Crippen molar-refractivity contribution in [1.82, 2.24) is 4.98 Å². The molecule has 0 aliphatic heterocycles. The zero-order valence-corrected chi connectivity index (χ0v) is 15.0. The summed E-state index contributed by atoms with van der Waals surface area (Å²) in [5.74, 6) is 0.0576. The third-order valence-electron chi connectivity index (χ3n) is 3.20. The molecule has 0 spiro atoms. The van der Waals surface area contributed by atoms with Gasteiger partial charge in [0.2, 0.25) is 0 Å². The van der Waals surface area contributed by atoms with E-state index in [1.165, 1.54) is 18.2 Å². The van der Waals surface area contributed by atoms with Gasteiger partial charge in [-0.25, -0.2) is 0 Å². The van der Waals surface area contributed by atoms with E-state index in [0.717, 1.165) is 0 Å². The molecule has 3 aromatic rings. The number of halogens is 2. The van der Waals surface area contributed by atoms with Crippen molar-refractivity contribution in [2.45, 2.75) is 0 Å². The fourth-order valence-electron chi connectivity index (χ4n) is 2.09. The molecule has 9 heteroatoms. The van der Waals surface area contributed by atoms with E-state index in [9.17, 15) is 15.2 Å². The minimum absolute atomic E-state index is 0.0576. The number of phenols is 1. The number of hydrogen-bond acceptors (Lipinski definition) is 6. The number of phenolic OH excluding ortho intramolecular Hbond substituents is 1. The molecule has 7 nitrogen and oxygen atoms in total. The Labute approximate surface area is 152 Å². The van der Waals surface area contributed by atoms with E-state index >= 15 is 0 Å². The van der Waals surface area contributed by atoms with Crippen LogP contribution in [0.1, 0.15) is 0 Å². The lowest BCUT2D eigenvalue weighted by Gasteiger charge is -2.04. The number of rotatable bonds is 3. The Morgan fingerprint density at radius 3 is 2.50 bits per heavy atom. The molecule has 2 aromatic carbocycles. The molecule has 3 rings (SSSR count). The monoisotopic (exact) mass is 450 g/mol. The first-order chi connectivity index (χ1) is 11.5. The predicted molar refractivity (Wildman–Crippen MR) is 96.1 cm³/mol. The van der Waals surface area contributed by atoms with Crippen molar-refractivity contribution < 1.29 is 10.0 Å². The van der Waals surface area contributed by atoms with Crippen LogP contribution >= 0.6 is 31.9 Å². The zero-order valence-electron chi connectivity index (χ0n) is 11.8. The number of pyridine rings is 1. The molecule has 0 unspecified atom stereocenters. The van der Waals surface area contributed by atoms with Crippen LogP contribution < -0.4 is 0 Å². The topological polar surface area (TPSA) is 101 Å². The second kappa shape index (κ2) is 6.62. The number of nitro benzene ring substituents is 1. The van der Waals surface area contributed by atoms with Gasteiger partial charge in [0.25, 0.3) is 5.69 Å². The van der Waals surface area contributed by atoms with Gasteiger partial charge in [0, 0.05) is 23.7 Å². The Balaban J connectivity index is 2.07. The number of aromatic hydroxyl groups is 1. The van der Waals surface area contributed by atoms with Gasteiger partial charge in [-0.1, -0.05) is 0 Å². The molecular weight excluding hydrogens is 444 g/mol. The zero-order chi connectivity index (χ0) is 17.3. The van der Waals surface area contributed by atoms with Crippen LogP contribution in [0.25, 0.3) is 10.9 Å². The van der Waals surface area contributed by atoms with Gasteiger partial charge in [0.1, 0.15) is 17.0 Å². The molecule has 1 aromatic heterocycles. The Morgan fingerprint density at radius 1 is 1.12 bits per heavy atom. The van der Waals surface area contributed by atoms with Crippen molar-refractivity contribution in [3.8, 4) is 5.75 Å². The summed E-state index contributed by atoms with van der Waals surface area (Å²) in [5, 5.41) is 29.7. The highest BCUT2D eigenvalue weighted by Gasteiger charge is 2.14. The van der Waals surface area contributed by atoms with E-state index in [0.29, 0.717) is 31.2 Å². The summed E-state index contributed by atoms with van der Waals surface area (Å²) in [6, 6.07) is 9.33. The highest BCUT2D eigenvalue weighted by Crippen LogP contribution is 2.39. The van der Waals surface area contributed by atoms with Gasteiger partial charge in [-0.15, -0.1) is 10.2 Å². The quantitative estimate of drug-likeness (QED) is 0.309. The molecule has 0 saturated carbocycles. The number of nitrogens with zero attached hydrogens (tertiary/aromatic N) is 4. The van der Waals surface area contributed by atoms with Crippen molar-refractivity contribution in [2.75, 3.05) is 0 Å². The summed E-state index contributed by atoms with van der Waals surface area (Å²) in [6.45, 7) is 0. The minimum atomic E-state index is -0.490. The first kappa shape index (κ1) is 16.5. The number of nitro groups is 1. The first-order valence-electron chi connectivity index (χ1n) is 6.59. The summed E-state index contributed by atoms with van der Waals surface area (Å²) < 4.78 is 0.877. The van der Waals surface area contributed by atoms with Crippen LogP contribution in [0.15, 0.2) is 61.8 Å². The van der Waals surface area contributed by atoms with Crippen molar-refractivity contribution in [1.29, 1.82) is 0 Å². The molecule has 0 bridgehead atoms. The van der Waals surface area contributed by atoms with Crippen LogP contribution in [0, 0.1) is 10.1 Å². The van der Waals surface area contributed by atoms with Crippen LogP contribution in [0.5, 0.6) is 5.75 Å². The van der Waals surface area contributed by atoms with E-state index in [1.54, 1.807) is 24.4 Å². The highest BCUT2D eigenvalue weighted by molar-refractivity contribution is 9.11. The predicted octanol–water partition coefficient (Wildman–Crippen LogP) is 5.79. The maximum Gasteiger partial charge on any atom is 0.271 e. The molecule has 0 saturated heterocycles. The Bertz CT molecular complexity index is 969. The smallest absolute Gasteiger partial charge is 0.271 e. The second-order valence-electron chi connectivity index (χ2n) is 4.72. The van der Waals surface area contributed by atoms with Crippen molar-refractivity contribution in [3.63, 3.8) is 0 Å². The standard InChI is InChI=1S/C15H8Br2N4O3/c16-10-6-8(21(23)24)7-11(17)15(10)20-19-12-3-4-13(22)14-9(12)2-1-5-18-14/h1-7,22H. The minimum Gasteiger partial charge on any atom is -0.506 e. The Hall–Kier alpha value is -2.39. The van der Waals surface area contributed by atoms with Gasteiger partial charge in [-0.05, 0) is 56.1 Å². The van der Waals surface area contributed by atoms with E-state index in [2.05, 4.69) is 47.1 Å². The average molecular weight is 452 g/mol. The molecule has 24 heavy (non-hydrogen) atoms. The molecule has 0 amide bonds.